The molecule has 16 heavy (non-hydrogen) atoms. The van der Waals surface area contributed by atoms with Crippen LogP contribution in [0.2, 0.25) is 0 Å². The number of aliphatic hydroxyl groups excluding tert-OH is 1. The largest absolute Gasteiger partial charge is 0.493 e. The van der Waals surface area contributed by atoms with Gasteiger partial charge in [-0.05, 0) is 38.7 Å². The third kappa shape index (κ3) is 4.51. The Morgan fingerprint density at radius 2 is 2.12 bits per heavy atom. The summed E-state index contributed by atoms with van der Waals surface area (Å²) in [6.07, 6.45) is 0.980. The molecule has 0 heterocycles. The molecule has 0 aliphatic heterocycles. The molecule has 1 aromatic carbocycles. The number of ether oxygens (including phenoxy) is 1. The minimum absolute atomic E-state index is 0.00243. The maximum absolute atomic E-state index is 9.18. The lowest BCUT2D eigenvalue weighted by Gasteiger charge is -2.12. The van der Waals surface area contributed by atoms with Gasteiger partial charge in [0, 0.05) is 16.6 Å². The number of halogens is 1. The lowest BCUT2D eigenvalue weighted by molar-refractivity contribution is 0.253. The highest BCUT2D eigenvalue weighted by atomic mass is 79.9. The molecule has 0 aliphatic carbocycles. The number of benzene rings is 1. The molecule has 0 atom stereocenters. The van der Waals surface area contributed by atoms with Gasteiger partial charge in [-0.1, -0.05) is 15.9 Å². The molecule has 1 rings (SSSR count). The van der Waals surface area contributed by atoms with Gasteiger partial charge in [0.2, 0.25) is 0 Å². The Bertz CT molecular complexity index is 329. The third-order valence-corrected chi connectivity index (χ3v) is 2.69. The average molecular weight is 288 g/mol. The van der Waals surface area contributed by atoms with Crippen molar-refractivity contribution in [2.45, 2.75) is 13.0 Å². The second kappa shape index (κ2) is 6.89. The molecule has 0 spiro atoms. The van der Waals surface area contributed by atoms with Crippen molar-refractivity contribution in [2.75, 3.05) is 27.2 Å². The zero-order valence-electron chi connectivity index (χ0n) is 9.74. The molecular weight excluding hydrogens is 270 g/mol. The van der Waals surface area contributed by atoms with E-state index in [2.05, 4.69) is 20.8 Å². The van der Waals surface area contributed by atoms with Gasteiger partial charge in [0.25, 0.3) is 0 Å². The van der Waals surface area contributed by atoms with Crippen LogP contribution in [0.4, 0.5) is 0 Å². The van der Waals surface area contributed by atoms with E-state index in [1.807, 2.05) is 32.3 Å². The normalized spacial score (nSPS) is 10.8. The molecule has 0 bridgehead atoms. The number of aliphatic hydroxyl groups is 1. The summed E-state index contributed by atoms with van der Waals surface area (Å²) in [6.45, 7) is 1.68. The summed E-state index contributed by atoms with van der Waals surface area (Å²) in [5.41, 5.74) is 0.819. The Morgan fingerprint density at radius 1 is 1.38 bits per heavy atom. The average Bonchev–Trinajstić information content (AvgIpc) is 2.25. The lowest BCUT2D eigenvalue weighted by atomic mass is 10.2. The molecule has 1 N–H and O–H groups in total. The van der Waals surface area contributed by atoms with E-state index >= 15 is 0 Å². The molecule has 0 saturated heterocycles. The first kappa shape index (κ1) is 13.5. The zero-order valence-corrected chi connectivity index (χ0v) is 11.3. The van der Waals surface area contributed by atoms with Gasteiger partial charge >= 0.3 is 0 Å². The van der Waals surface area contributed by atoms with E-state index in [9.17, 15) is 5.11 Å². The van der Waals surface area contributed by atoms with Crippen molar-refractivity contribution in [1.82, 2.24) is 4.90 Å². The van der Waals surface area contributed by atoms with E-state index in [-0.39, 0.29) is 6.61 Å². The van der Waals surface area contributed by atoms with E-state index in [0.717, 1.165) is 28.8 Å². The van der Waals surface area contributed by atoms with Gasteiger partial charge in [-0.25, -0.2) is 0 Å². The monoisotopic (exact) mass is 287 g/mol. The number of hydrogen-bond donors (Lipinski definition) is 1. The first-order valence-corrected chi connectivity index (χ1v) is 6.09. The molecule has 0 aromatic heterocycles. The molecule has 0 aliphatic rings. The zero-order chi connectivity index (χ0) is 12.0. The van der Waals surface area contributed by atoms with Crippen molar-refractivity contribution in [3.63, 3.8) is 0 Å². The minimum atomic E-state index is 0.00243. The standard InChI is InChI=1S/C12H18BrNO2/c1-14(2)6-3-7-16-12-5-4-11(13)8-10(12)9-15/h4-5,8,15H,3,6-7,9H2,1-2H3. The molecule has 4 heteroatoms. The molecule has 0 unspecified atom stereocenters. The summed E-state index contributed by atoms with van der Waals surface area (Å²) >= 11 is 3.36. The van der Waals surface area contributed by atoms with Gasteiger partial charge in [-0.3, -0.25) is 0 Å². The first-order valence-electron chi connectivity index (χ1n) is 5.30. The number of hydrogen-bond acceptors (Lipinski definition) is 3. The summed E-state index contributed by atoms with van der Waals surface area (Å²) in [4.78, 5) is 2.12. The van der Waals surface area contributed by atoms with Crippen LogP contribution in [0.5, 0.6) is 5.75 Å². The van der Waals surface area contributed by atoms with Crippen LogP contribution in [-0.2, 0) is 6.61 Å². The van der Waals surface area contributed by atoms with Gasteiger partial charge in [0.1, 0.15) is 5.75 Å². The van der Waals surface area contributed by atoms with Gasteiger partial charge in [-0.15, -0.1) is 0 Å². The van der Waals surface area contributed by atoms with E-state index < -0.39 is 0 Å². The maximum Gasteiger partial charge on any atom is 0.124 e. The maximum atomic E-state index is 9.18. The fourth-order valence-corrected chi connectivity index (χ4v) is 1.78. The van der Waals surface area contributed by atoms with E-state index in [4.69, 9.17) is 4.74 Å². The topological polar surface area (TPSA) is 32.7 Å². The Hall–Kier alpha value is -0.580. The van der Waals surface area contributed by atoms with Crippen LogP contribution < -0.4 is 4.74 Å². The van der Waals surface area contributed by atoms with Crippen LogP contribution in [0.3, 0.4) is 0 Å². The molecule has 90 valence electrons. The van der Waals surface area contributed by atoms with E-state index in [1.54, 1.807) is 0 Å². The van der Waals surface area contributed by atoms with Crippen molar-refractivity contribution >= 4 is 15.9 Å². The van der Waals surface area contributed by atoms with Crippen LogP contribution in [-0.4, -0.2) is 37.3 Å². The molecule has 0 saturated carbocycles. The van der Waals surface area contributed by atoms with Gasteiger partial charge in [0.05, 0.1) is 13.2 Å². The fraction of sp³-hybridized carbons (Fsp3) is 0.500. The Labute approximate surface area is 105 Å². The summed E-state index contributed by atoms with van der Waals surface area (Å²) in [6, 6.07) is 5.67. The lowest BCUT2D eigenvalue weighted by Crippen LogP contribution is -2.15. The minimum Gasteiger partial charge on any atom is -0.493 e. The van der Waals surface area contributed by atoms with Crippen LogP contribution >= 0.6 is 15.9 Å². The van der Waals surface area contributed by atoms with Crippen molar-refractivity contribution in [1.29, 1.82) is 0 Å². The summed E-state index contributed by atoms with van der Waals surface area (Å²) in [5.74, 6) is 0.768. The second-order valence-electron chi connectivity index (χ2n) is 3.92. The first-order chi connectivity index (χ1) is 7.63. The highest BCUT2D eigenvalue weighted by Gasteiger charge is 2.03. The molecule has 0 amide bonds. The van der Waals surface area contributed by atoms with E-state index in [0.29, 0.717) is 6.61 Å². The smallest absolute Gasteiger partial charge is 0.124 e. The molecule has 1 aromatic rings. The summed E-state index contributed by atoms with van der Waals surface area (Å²) in [7, 11) is 4.08. The van der Waals surface area contributed by atoms with Gasteiger partial charge in [0.15, 0.2) is 0 Å². The van der Waals surface area contributed by atoms with Crippen LogP contribution in [0.15, 0.2) is 22.7 Å². The highest BCUT2D eigenvalue weighted by molar-refractivity contribution is 9.10. The molecule has 0 radical (unpaired) electrons. The molecular formula is C12H18BrNO2. The van der Waals surface area contributed by atoms with Crippen LogP contribution in [0.25, 0.3) is 0 Å². The van der Waals surface area contributed by atoms with Crippen LogP contribution in [0.1, 0.15) is 12.0 Å². The molecule has 3 nitrogen and oxygen atoms in total. The fourth-order valence-electron chi connectivity index (χ4n) is 1.38. The predicted molar refractivity (Wildman–Crippen MR) is 68.7 cm³/mol. The summed E-state index contributed by atoms with van der Waals surface area (Å²) < 4.78 is 6.58. The predicted octanol–water partition coefficient (Wildman–Crippen LogP) is 2.27. The number of nitrogens with zero attached hydrogens (tertiary/aromatic N) is 1. The van der Waals surface area contributed by atoms with Crippen LogP contribution in [0, 0.1) is 0 Å². The van der Waals surface area contributed by atoms with Crippen molar-refractivity contribution in [2.24, 2.45) is 0 Å². The highest BCUT2D eigenvalue weighted by Crippen LogP contribution is 2.23. The van der Waals surface area contributed by atoms with Gasteiger partial charge in [-0.2, -0.15) is 0 Å². The quantitative estimate of drug-likeness (QED) is 0.815. The number of rotatable bonds is 6. The van der Waals surface area contributed by atoms with Crippen molar-refractivity contribution < 1.29 is 9.84 Å². The molecule has 0 fully saturated rings. The van der Waals surface area contributed by atoms with Gasteiger partial charge < -0.3 is 14.7 Å². The SMILES string of the molecule is CN(C)CCCOc1ccc(Br)cc1CO. The van der Waals surface area contributed by atoms with Crippen molar-refractivity contribution in [3.05, 3.63) is 28.2 Å². The van der Waals surface area contributed by atoms with E-state index in [1.165, 1.54) is 0 Å². The Balaban J connectivity index is 2.47. The third-order valence-electron chi connectivity index (χ3n) is 2.20. The second-order valence-corrected chi connectivity index (χ2v) is 4.83. The summed E-state index contributed by atoms with van der Waals surface area (Å²) in [5, 5.41) is 9.18. The Morgan fingerprint density at radius 3 is 2.75 bits per heavy atom. The Kier molecular flexibility index (Phi) is 5.80. The van der Waals surface area contributed by atoms with Crippen molar-refractivity contribution in [3.8, 4) is 5.75 Å².